The van der Waals surface area contributed by atoms with Crippen molar-refractivity contribution in [2.75, 3.05) is 6.54 Å². The molecule has 1 aromatic rings. The fourth-order valence-corrected chi connectivity index (χ4v) is 2.74. The number of unbranched alkanes of at least 4 members (excludes halogenated alkanes) is 4. The van der Waals surface area contributed by atoms with E-state index in [1.165, 1.54) is 44.9 Å². The Labute approximate surface area is 106 Å². The molecule has 0 saturated heterocycles. The first-order valence-electron chi connectivity index (χ1n) is 7.22. The van der Waals surface area contributed by atoms with E-state index in [0.29, 0.717) is 0 Å². The topological polar surface area (TPSA) is 12.0 Å². The molecule has 1 N–H and O–H groups in total. The van der Waals surface area contributed by atoms with Gasteiger partial charge in [0.2, 0.25) is 0 Å². The zero-order valence-electron chi connectivity index (χ0n) is 11.1. The van der Waals surface area contributed by atoms with Gasteiger partial charge < -0.3 is 5.32 Å². The molecule has 1 heterocycles. The number of benzene rings is 1. The maximum Gasteiger partial charge on any atom is 0.0211 e. The molecular weight excluding hydrogens is 206 g/mol. The summed E-state index contributed by atoms with van der Waals surface area (Å²) >= 11 is 0. The van der Waals surface area contributed by atoms with Crippen LogP contribution in [0.4, 0.5) is 0 Å². The van der Waals surface area contributed by atoms with E-state index in [0.717, 1.165) is 13.1 Å². The standard InChI is InChI=1S/C16H25N/c1-2-3-4-5-6-8-14-9-7-10-15-11-12-17-13-16(14)15/h7,9-10,17H,2-6,8,11-13H2,1H3. The van der Waals surface area contributed by atoms with Crippen molar-refractivity contribution in [1.82, 2.24) is 5.32 Å². The molecule has 0 atom stereocenters. The van der Waals surface area contributed by atoms with Crippen LogP contribution in [0.15, 0.2) is 18.2 Å². The van der Waals surface area contributed by atoms with Gasteiger partial charge in [-0.05, 0) is 42.5 Å². The Balaban J connectivity index is 1.87. The minimum atomic E-state index is 1.08. The molecule has 0 saturated carbocycles. The van der Waals surface area contributed by atoms with Crippen molar-refractivity contribution in [3.63, 3.8) is 0 Å². The maximum atomic E-state index is 3.49. The summed E-state index contributed by atoms with van der Waals surface area (Å²) in [5.74, 6) is 0. The van der Waals surface area contributed by atoms with Crippen LogP contribution in [0.1, 0.15) is 55.7 Å². The average molecular weight is 231 g/mol. The van der Waals surface area contributed by atoms with Gasteiger partial charge in [-0.3, -0.25) is 0 Å². The summed E-state index contributed by atoms with van der Waals surface area (Å²) in [4.78, 5) is 0. The Kier molecular flexibility index (Phi) is 5.06. The van der Waals surface area contributed by atoms with E-state index in [9.17, 15) is 0 Å². The smallest absolute Gasteiger partial charge is 0.0211 e. The van der Waals surface area contributed by atoms with Crippen molar-refractivity contribution >= 4 is 0 Å². The van der Waals surface area contributed by atoms with Crippen LogP contribution in [0.3, 0.4) is 0 Å². The minimum Gasteiger partial charge on any atom is -0.312 e. The molecule has 0 amide bonds. The Bertz CT molecular complexity index is 343. The van der Waals surface area contributed by atoms with Crippen LogP contribution >= 0.6 is 0 Å². The van der Waals surface area contributed by atoms with Crippen LogP contribution < -0.4 is 5.32 Å². The molecule has 0 fully saturated rings. The quantitative estimate of drug-likeness (QED) is 0.733. The van der Waals surface area contributed by atoms with E-state index >= 15 is 0 Å². The highest BCUT2D eigenvalue weighted by molar-refractivity contribution is 5.36. The third kappa shape index (κ3) is 3.57. The van der Waals surface area contributed by atoms with Crippen LogP contribution in [0.25, 0.3) is 0 Å². The summed E-state index contributed by atoms with van der Waals surface area (Å²) in [6.07, 6.45) is 9.37. The van der Waals surface area contributed by atoms with Gasteiger partial charge in [0, 0.05) is 6.54 Å². The molecule has 94 valence electrons. The molecule has 1 aliphatic heterocycles. The van der Waals surface area contributed by atoms with Gasteiger partial charge in [-0.15, -0.1) is 0 Å². The van der Waals surface area contributed by atoms with Crippen LogP contribution in [-0.2, 0) is 19.4 Å². The van der Waals surface area contributed by atoms with Gasteiger partial charge in [-0.25, -0.2) is 0 Å². The van der Waals surface area contributed by atoms with Crippen LogP contribution in [-0.4, -0.2) is 6.54 Å². The molecular formula is C16H25N. The first kappa shape index (κ1) is 12.6. The molecule has 0 aliphatic carbocycles. The van der Waals surface area contributed by atoms with Crippen molar-refractivity contribution in [1.29, 1.82) is 0 Å². The molecule has 1 aliphatic rings. The molecule has 0 aromatic heterocycles. The Morgan fingerprint density at radius 1 is 1.12 bits per heavy atom. The molecule has 0 bridgehead atoms. The van der Waals surface area contributed by atoms with Crippen molar-refractivity contribution in [2.45, 2.75) is 58.4 Å². The van der Waals surface area contributed by atoms with E-state index < -0.39 is 0 Å². The molecule has 0 radical (unpaired) electrons. The Morgan fingerprint density at radius 2 is 2.00 bits per heavy atom. The summed E-state index contributed by atoms with van der Waals surface area (Å²) in [7, 11) is 0. The largest absolute Gasteiger partial charge is 0.312 e. The Hall–Kier alpha value is -0.820. The summed E-state index contributed by atoms with van der Waals surface area (Å²) in [5, 5.41) is 3.49. The van der Waals surface area contributed by atoms with Gasteiger partial charge in [0.15, 0.2) is 0 Å². The fourth-order valence-electron chi connectivity index (χ4n) is 2.74. The number of nitrogens with one attached hydrogen (secondary N) is 1. The van der Waals surface area contributed by atoms with Gasteiger partial charge in [0.25, 0.3) is 0 Å². The van der Waals surface area contributed by atoms with Gasteiger partial charge >= 0.3 is 0 Å². The van der Waals surface area contributed by atoms with E-state index in [1.54, 1.807) is 16.7 Å². The van der Waals surface area contributed by atoms with Crippen LogP contribution in [0.5, 0.6) is 0 Å². The lowest BCUT2D eigenvalue weighted by Crippen LogP contribution is -2.24. The summed E-state index contributed by atoms with van der Waals surface area (Å²) in [6.45, 7) is 4.51. The second-order valence-corrected chi connectivity index (χ2v) is 5.15. The van der Waals surface area contributed by atoms with Crippen LogP contribution in [0.2, 0.25) is 0 Å². The van der Waals surface area contributed by atoms with Gasteiger partial charge in [-0.2, -0.15) is 0 Å². The minimum absolute atomic E-state index is 1.08. The van der Waals surface area contributed by atoms with Gasteiger partial charge in [0.05, 0.1) is 0 Å². The molecule has 0 unspecified atom stereocenters. The number of aryl methyl sites for hydroxylation is 1. The summed E-state index contributed by atoms with van der Waals surface area (Å²) in [6, 6.07) is 6.87. The zero-order chi connectivity index (χ0) is 11.9. The average Bonchev–Trinajstić information content (AvgIpc) is 2.39. The van der Waals surface area contributed by atoms with Crippen molar-refractivity contribution in [3.8, 4) is 0 Å². The number of rotatable bonds is 6. The highest BCUT2D eigenvalue weighted by atomic mass is 14.9. The van der Waals surface area contributed by atoms with E-state index in [-0.39, 0.29) is 0 Å². The number of hydrogen-bond donors (Lipinski definition) is 1. The molecule has 0 spiro atoms. The van der Waals surface area contributed by atoms with E-state index in [1.807, 2.05) is 0 Å². The first-order valence-corrected chi connectivity index (χ1v) is 7.22. The molecule has 17 heavy (non-hydrogen) atoms. The first-order chi connectivity index (χ1) is 8.42. The van der Waals surface area contributed by atoms with Crippen molar-refractivity contribution in [2.24, 2.45) is 0 Å². The number of fused-ring (bicyclic) bond motifs is 1. The molecule has 1 heteroatoms. The highest BCUT2D eigenvalue weighted by Gasteiger charge is 2.11. The highest BCUT2D eigenvalue weighted by Crippen LogP contribution is 2.20. The fraction of sp³-hybridized carbons (Fsp3) is 0.625. The zero-order valence-corrected chi connectivity index (χ0v) is 11.1. The summed E-state index contributed by atoms with van der Waals surface area (Å²) in [5.41, 5.74) is 4.76. The van der Waals surface area contributed by atoms with E-state index in [4.69, 9.17) is 0 Å². The predicted octanol–water partition coefficient (Wildman–Crippen LogP) is 3.85. The van der Waals surface area contributed by atoms with E-state index in [2.05, 4.69) is 30.4 Å². The lowest BCUT2D eigenvalue weighted by molar-refractivity contribution is 0.614. The van der Waals surface area contributed by atoms with Crippen molar-refractivity contribution < 1.29 is 0 Å². The third-order valence-electron chi connectivity index (χ3n) is 3.79. The Morgan fingerprint density at radius 3 is 2.88 bits per heavy atom. The van der Waals surface area contributed by atoms with Crippen LogP contribution in [0, 0.1) is 0 Å². The lowest BCUT2D eigenvalue weighted by atomic mass is 9.93. The second kappa shape index (κ2) is 6.80. The van der Waals surface area contributed by atoms with Gasteiger partial charge in [0.1, 0.15) is 0 Å². The maximum absolute atomic E-state index is 3.49. The third-order valence-corrected chi connectivity index (χ3v) is 3.79. The molecule has 1 aromatic carbocycles. The molecule has 2 rings (SSSR count). The predicted molar refractivity (Wildman–Crippen MR) is 74.3 cm³/mol. The van der Waals surface area contributed by atoms with Gasteiger partial charge in [-0.1, -0.05) is 50.8 Å². The monoisotopic (exact) mass is 231 g/mol. The normalized spacial score (nSPS) is 14.6. The molecule has 1 nitrogen and oxygen atoms in total. The number of hydrogen-bond acceptors (Lipinski definition) is 1. The SMILES string of the molecule is CCCCCCCc1cccc2c1CNCC2. The summed E-state index contributed by atoms with van der Waals surface area (Å²) < 4.78 is 0. The van der Waals surface area contributed by atoms with Crippen molar-refractivity contribution in [3.05, 3.63) is 34.9 Å². The lowest BCUT2D eigenvalue weighted by Gasteiger charge is -2.20. The second-order valence-electron chi connectivity index (χ2n) is 5.15.